The van der Waals surface area contributed by atoms with Crippen molar-refractivity contribution in [1.29, 1.82) is 0 Å². The van der Waals surface area contributed by atoms with E-state index < -0.39 is 0 Å². The van der Waals surface area contributed by atoms with Gasteiger partial charge in [0.2, 0.25) is 0 Å². The zero-order chi connectivity index (χ0) is 16.5. The molecule has 0 saturated heterocycles. The number of hydrogen-bond acceptors (Lipinski definition) is 2. The maximum Gasteiger partial charge on any atom is 0.123 e. The lowest BCUT2D eigenvalue weighted by atomic mass is 10.1. The third kappa shape index (κ3) is 13.7. The molecule has 0 spiro atoms. The highest BCUT2D eigenvalue weighted by atomic mass is 35.7. The molecule has 4 heteroatoms. The summed E-state index contributed by atoms with van der Waals surface area (Å²) < 4.78 is 14.9. The van der Waals surface area contributed by atoms with E-state index in [1.54, 1.807) is 18.2 Å². The molecule has 0 aromatic heterocycles. The molecule has 21 heavy (non-hydrogen) atoms. The van der Waals surface area contributed by atoms with E-state index in [0.29, 0.717) is 0 Å². The van der Waals surface area contributed by atoms with Crippen LogP contribution in [0.1, 0.15) is 27.2 Å². The first-order chi connectivity index (χ1) is 10.2. The van der Waals surface area contributed by atoms with Crippen LogP contribution in [0.5, 0.6) is 0 Å². The second-order valence-corrected chi connectivity index (χ2v) is 4.54. The van der Waals surface area contributed by atoms with Crippen molar-refractivity contribution in [1.82, 2.24) is 4.72 Å². The predicted octanol–water partition coefficient (Wildman–Crippen LogP) is 6.31. The monoisotopic (exact) mass is 329 g/mol. The van der Waals surface area contributed by atoms with Crippen LogP contribution in [0.4, 0.5) is 4.39 Å². The first-order valence-electron chi connectivity index (χ1n) is 6.81. The molecule has 0 aliphatic carbocycles. The molecule has 1 N–H and O–H groups in total. The van der Waals surface area contributed by atoms with Gasteiger partial charge in [-0.1, -0.05) is 57.4 Å². The van der Waals surface area contributed by atoms with Crippen LogP contribution >= 0.6 is 21.8 Å². The molecule has 0 fully saturated rings. The van der Waals surface area contributed by atoms with Crippen molar-refractivity contribution >= 4 is 21.8 Å². The van der Waals surface area contributed by atoms with Crippen molar-refractivity contribution in [3.63, 3.8) is 0 Å². The van der Waals surface area contributed by atoms with Gasteiger partial charge >= 0.3 is 0 Å². The Balaban J connectivity index is 0. The van der Waals surface area contributed by atoms with Gasteiger partial charge in [-0.15, -0.1) is 0 Å². The summed E-state index contributed by atoms with van der Waals surface area (Å²) >= 11 is 1.11. The summed E-state index contributed by atoms with van der Waals surface area (Å²) in [6.45, 7) is 14.3. The van der Waals surface area contributed by atoms with Gasteiger partial charge in [0, 0.05) is 17.7 Å². The lowest BCUT2D eigenvalue weighted by Crippen LogP contribution is -2.04. The van der Waals surface area contributed by atoms with Crippen LogP contribution in [-0.4, -0.2) is 6.54 Å². The fourth-order valence-electron chi connectivity index (χ4n) is 1.23. The van der Waals surface area contributed by atoms with Crippen LogP contribution in [0.25, 0.3) is 0 Å². The van der Waals surface area contributed by atoms with Gasteiger partial charge in [-0.3, -0.25) is 4.72 Å². The van der Waals surface area contributed by atoms with Gasteiger partial charge in [0.05, 0.1) is 0 Å². The summed E-state index contributed by atoms with van der Waals surface area (Å²) in [5.74, 6) is -0.178. The zero-order valence-electron chi connectivity index (χ0n) is 13.0. The molecule has 1 aromatic carbocycles. The van der Waals surface area contributed by atoms with E-state index in [9.17, 15) is 4.39 Å². The highest BCUT2D eigenvalue weighted by molar-refractivity contribution is 8.19. The topological polar surface area (TPSA) is 12.0 Å². The lowest BCUT2D eigenvalue weighted by Gasteiger charge is -2.03. The van der Waals surface area contributed by atoms with Gasteiger partial charge in [-0.25, -0.2) is 4.39 Å². The maximum absolute atomic E-state index is 11.9. The number of rotatable bonds is 6. The molecule has 1 rings (SSSR count). The average molecular weight is 330 g/mol. The molecule has 118 valence electrons. The van der Waals surface area contributed by atoms with E-state index in [0.717, 1.165) is 24.1 Å². The number of halogens is 2. The molecule has 0 aliphatic heterocycles. The van der Waals surface area contributed by atoms with E-state index in [2.05, 4.69) is 17.9 Å². The van der Waals surface area contributed by atoms with Crippen LogP contribution in [0.2, 0.25) is 0 Å². The minimum atomic E-state index is -0.178. The van der Waals surface area contributed by atoms with Gasteiger partial charge in [-0.2, -0.15) is 0 Å². The smallest absolute Gasteiger partial charge is 0.123 e. The van der Waals surface area contributed by atoms with Crippen molar-refractivity contribution in [2.24, 2.45) is 0 Å². The van der Waals surface area contributed by atoms with Crippen LogP contribution < -0.4 is 4.72 Å². The molecule has 0 aliphatic rings. The molecule has 0 unspecified atom stereocenters. The highest BCUT2D eigenvalue weighted by Gasteiger charge is 1.95. The molecule has 0 saturated carbocycles. The normalized spacial score (nSPS) is 10.1. The Kier molecular flexibility index (Phi) is 18.0. The van der Waals surface area contributed by atoms with Gasteiger partial charge < -0.3 is 0 Å². The van der Waals surface area contributed by atoms with Crippen molar-refractivity contribution in [3.8, 4) is 0 Å². The zero-order valence-corrected chi connectivity index (χ0v) is 14.6. The van der Waals surface area contributed by atoms with Gasteiger partial charge in [0.1, 0.15) is 5.82 Å². The van der Waals surface area contributed by atoms with E-state index in [1.165, 1.54) is 23.3 Å². The summed E-state index contributed by atoms with van der Waals surface area (Å²) in [6, 6.07) is 7.94. The maximum atomic E-state index is 11.9. The van der Waals surface area contributed by atoms with Crippen molar-refractivity contribution in [2.45, 2.75) is 27.2 Å². The van der Waals surface area contributed by atoms with Gasteiger partial charge in [-0.05, 0) is 47.3 Å². The summed E-state index contributed by atoms with van der Waals surface area (Å²) in [7, 11) is 5.39. The van der Waals surface area contributed by atoms with E-state index in [-0.39, 0.29) is 5.82 Å². The van der Waals surface area contributed by atoms with Crippen LogP contribution in [0.3, 0.4) is 0 Å². The second-order valence-electron chi connectivity index (χ2n) is 3.63. The quantitative estimate of drug-likeness (QED) is 0.373. The predicted molar refractivity (Wildman–Crippen MR) is 96.9 cm³/mol. The Bertz CT molecular complexity index is 405. The van der Waals surface area contributed by atoms with Crippen LogP contribution in [0, 0.1) is 5.82 Å². The molecule has 0 heterocycles. The van der Waals surface area contributed by atoms with Gasteiger partial charge in [0.15, 0.2) is 0 Å². The largest absolute Gasteiger partial charge is 0.250 e. The Morgan fingerprint density at radius 3 is 2.14 bits per heavy atom. The average Bonchev–Trinajstić information content (AvgIpc) is 2.54. The lowest BCUT2D eigenvalue weighted by molar-refractivity contribution is 0.628. The first kappa shape index (κ1) is 22.3. The highest BCUT2D eigenvalue weighted by Crippen LogP contribution is 2.10. The minimum absolute atomic E-state index is 0.178. The second kappa shape index (κ2) is 17.0. The molecule has 1 nitrogen and oxygen atoms in total. The third-order valence-corrected chi connectivity index (χ3v) is 2.98. The third-order valence-electron chi connectivity index (χ3n) is 2.34. The molecular formula is C17H25ClFNS. The SMILES string of the molecule is C=C/C(C)=C(\C=C)CCNSCl.CC.Fc1ccccc1. The summed E-state index contributed by atoms with van der Waals surface area (Å²) in [5, 5.41) is 0. The molecule has 0 radical (unpaired) electrons. The molecule has 0 atom stereocenters. The van der Waals surface area contributed by atoms with Crippen molar-refractivity contribution in [3.05, 3.63) is 72.6 Å². The molecule has 1 aromatic rings. The number of benzene rings is 1. The Morgan fingerprint density at radius 1 is 1.24 bits per heavy atom. The van der Waals surface area contributed by atoms with Crippen molar-refractivity contribution < 1.29 is 4.39 Å². The van der Waals surface area contributed by atoms with Crippen LogP contribution in [0.15, 0.2) is 66.8 Å². The molecule has 0 amide bonds. The summed E-state index contributed by atoms with van der Waals surface area (Å²) in [6.07, 6.45) is 4.63. The fraction of sp³-hybridized carbons (Fsp3) is 0.294. The Labute approximate surface area is 137 Å². The van der Waals surface area contributed by atoms with E-state index in [1.807, 2.05) is 32.9 Å². The van der Waals surface area contributed by atoms with Crippen LogP contribution in [-0.2, 0) is 0 Å². The van der Waals surface area contributed by atoms with Gasteiger partial charge in [0.25, 0.3) is 0 Å². The summed E-state index contributed by atoms with van der Waals surface area (Å²) in [4.78, 5) is 0. The Hall–Kier alpha value is -1.03. The minimum Gasteiger partial charge on any atom is -0.250 e. The number of nitrogens with one attached hydrogen (secondary N) is 1. The van der Waals surface area contributed by atoms with E-state index in [4.69, 9.17) is 10.7 Å². The standard InChI is InChI=1S/C9H14ClNS.C6H5F.C2H6/c1-4-8(3)9(5-2)6-7-11-12-10;7-6-4-2-1-3-5-6;1-2/h4-5,11H,1-2,6-7H2,3H3;1-5H;1-2H3/b9-8+;;. The molecular weight excluding hydrogens is 305 g/mol. The van der Waals surface area contributed by atoms with Crippen molar-refractivity contribution in [2.75, 3.05) is 6.54 Å². The number of hydrogen-bond donors (Lipinski definition) is 1. The summed E-state index contributed by atoms with van der Waals surface area (Å²) in [5.41, 5.74) is 2.38. The van der Waals surface area contributed by atoms with E-state index >= 15 is 0 Å². The fourth-order valence-corrected chi connectivity index (χ4v) is 1.64. The molecule has 0 bridgehead atoms. The first-order valence-corrected chi connectivity index (χ1v) is 8.45. The Morgan fingerprint density at radius 2 is 1.81 bits per heavy atom. The number of allylic oxidation sites excluding steroid dienone is 3.